The SMILES string of the molecule is OCC(O)CC1=NOCN1. The summed E-state index contributed by atoms with van der Waals surface area (Å²) >= 11 is 0. The van der Waals surface area contributed by atoms with Gasteiger partial charge in [0.2, 0.25) is 0 Å². The first-order valence-corrected chi connectivity index (χ1v) is 3.04. The average molecular weight is 146 g/mol. The van der Waals surface area contributed by atoms with Gasteiger partial charge in [0.15, 0.2) is 6.73 Å². The zero-order valence-corrected chi connectivity index (χ0v) is 5.45. The molecular formula is C5H10N2O3. The molecule has 5 nitrogen and oxygen atoms in total. The maximum Gasteiger partial charge on any atom is 0.188 e. The lowest BCUT2D eigenvalue weighted by Gasteiger charge is -2.03. The molecule has 1 unspecified atom stereocenters. The Kier molecular flexibility index (Phi) is 2.47. The van der Waals surface area contributed by atoms with E-state index < -0.39 is 6.10 Å². The molecule has 1 rings (SSSR count). The van der Waals surface area contributed by atoms with Crippen molar-refractivity contribution in [3.8, 4) is 0 Å². The highest BCUT2D eigenvalue weighted by Crippen LogP contribution is 1.96. The van der Waals surface area contributed by atoms with Gasteiger partial charge in [-0.25, -0.2) is 0 Å². The fourth-order valence-corrected chi connectivity index (χ4v) is 0.655. The molecule has 0 aliphatic carbocycles. The number of hydrogen-bond acceptors (Lipinski definition) is 5. The highest BCUT2D eigenvalue weighted by atomic mass is 16.6. The summed E-state index contributed by atoms with van der Waals surface area (Å²) < 4.78 is 0. The van der Waals surface area contributed by atoms with Gasteiger partial charge in [-0.05, 0) is 0 Å². The molecule has 1 heterocycles. The average Bonchev–Trinajstić information content (AvgIpc) is 2.40. The topological polar surface area (TPSA) is 74.1 Å². The van der Waals surface area contributed by atoms with Crippen LogP contribution in [0.4, 0.5) is 0 Å². The number of nitrogens with zero attached hydrogens (tertiary/aromatic N) is 1. The van der Waals surface area contributed by atoms with E-state index in [9.17, 15) is 0 Å². The lowest BCUT2D eigenvalue weighted by molar-refractivity contribution is 0.100. The molecule has 0 radical (unpaired) electrons. The van der Waals surface area contributed by atoms with Crippen molar-refractivity contribution in [1.29, 1.82) is 0 Å². The summed E-state index contributed by atoms with van der Waals surface area (Å²) in [5.74, 6) is 0.585. The smallest absolute Gasteiger partial charge is 0.188 e. The number of aliphatic hydroxyl groups is 2. The summed E-state index contributed by atoms with van der Waals surface area (Å²) in [6.07, 6.45) is -0.427. The number of hydrogen-bond donors (Lipinski definition) is 3. The molecule has 1 atom stereocenters. The molecule has 0 aromatic carbocycles. The Morgan fingerprint density at radius 3 is 3.10 bits per heavy atom. The van der Waals surface area contributed by atoms with Crippen LogP contribution in [0.2, 0.25) is 0 Å². The predicted octanol–water partition coefficient (Wildman–Crippen LogP) is -1.38. The molecule has 5 heteroatoms. The molecule has 0 aromatic heterocycles. The van der Waals surface area contributed by atoms with Crippen molar-refractivity contribution in [2.24, 2.45) is 5.16 Å². The van der Waals surface area contributed by atoms with E-state index >= 15 is 0 Å². The van der Waals surface area contributed by atoms with E-state index in [1.807, 2.05) is 0 Å². The van der Waals surface area contributed by atoms with Crippen molar-refractivity contribution in [3.05, 3.63) is 0 Å². The summed E-state index contributed by atoms with van der Waals surface area (Å²) in [5.41, 5.74) is 0. The molecule has 0 saturated carbocycles. The van der Waals surface area contributed by atoms with Crippen molar-refractivity contribution < 1.29 is 15.1 Å². The van der Waals surface area contributed by atoms with Crippen LogP contribution >= 0.6 is 0 Å². The Hall–Kier alpha value is -0.810. The minimum Gasteiger partial charge on any atom is -0.394 e. The Bertz CT molecular complexity index is 137. The number of nitrogens with one attached hydrogen (secondary N) is 1. The van der Waals surface area contributed by atoms with E-state index in [-0.39, 0.29) is 6.61 Å². The van der Waals surface area contributed by atoms with Crippen LogP contribution in [0.3, 0.4) is 0 Å². The van der Waals surface area contributed by atoms with Crippen LogP contribution in [-0.2, 0) is 4.84 Å². The number of aliphatic hydroxyl groups excluding tert-OH is 2. The van der Waals surface area contributed by atoms with Crippen molar-refractivity contribution in [2.75, 3.05) is 13.3 Å². The standard InChI is InChI=1S/C5H10N2O3/c8-2-4(9)1-5-6-3-10-7-5/h4,8-9H,1-3H2,(H,6,7). The first-order chi connectivity index (χ1) is 4.83. The summed E-state index contributed by atoms with van der Waals surface area (Å²) in [6.45, 7) is 0.105. The third kappa shape index (κ3) is 1.85. The maximum atomic E-state index is 8.89. The van der Waals surface area contributed by atoms with Gasteiger partial charge < -0.3 is 20.4 Å². The molecule has 0 bridgehead atoms. The van der Waals surface area contributed by atoms with Crippen LogP contribution in [0, 0.1) is 0 Å². The van der Waals surface area contributed by atoms with Crippen LogP contribution in [0.1, 0.15) is 6.42 Å². The molecule has 0 spiro atoms. The third-order valence-corrected chi connectivity index (χ3v) is 1.16. The molecular weight excluding hydrogens is 136 g/mol. The van der Waals surface area contributed by atoms with Gasteiger partial charge in [0.25, 0.3) is 0 Å². The van der Waals surface area contributed by atoms with E-state index in [2.05, 4.69) is 15.3 Å². The second-order valence-corrected chi connectivity index (χ2v) is 2.03. The van der Waals surface area contributed by atoms with Crippen LogP contribution in [0.15, 0.2) is 5.16 Å². The molecule has 0 aromatic rings. The molecule has 1 aliphatic rings. The zero-order valence-electron chi connectivity index (χ0n) is 5.45. The van der Waals surface area contributed by atoms with E-state index in [1.54, 1.807) is 0 Å². The van der Waals surface area contributed by atoms with Crippen molar-refractivity contribution in [1.82, 2.24) is 5.32 Å². The highest BCUT2D eigenvalue weighted by molar-refractivity contribution is 5.82. The van der Waals surface area contributed by atoms with E-state index in [0.717, 1.165) is 0 Å². The molecule has 0 saturated heterocycles. The van der Waals surface area contributed by atoms with Gasteiger partial charge in [-0.2, -0.15) is 0 Å². The van der Waals surface area contributed by atoms with Gasteiger partial charge in [-0.15, -0.1) is 0 Å². The summed E-state index contributed by atoms with van der Waals surface area (Å²) in [5, 5.41) is 23.6. The molecule has 0 fully saturated rings. The third-order valence-electron chi connectivity index (χ3n) is 1.16. The zero-order chi connectivity index (χ0) is 7.40. The summed E-state index contributed by atoms with van der Waals surface area (Å²) in [4.78, 5) is 4.59. The molecule has 58 valence electrons. The van der Waals surface area contributed by atoms with Gasteiger partial charge in [-0.1, -0.05) is 5.16 Å². The van der Waals surface area contributed by atoms with Gasteiger partial charge >= 0.3 is 0 Å². The summed E-state index contributed by atoms with van der Waals surface area (Å²) in [7, 11) is 0. The maximum absolute atomic E-state index is 8.89. The molecule has 3 N–H and O–H groups in total. The quantitative estimate of drug-likeness (QED) is 0.459. The Labute approximate surface area is 58.3 Å². The Balaban J connectivity index is 2.23. The van der Waals surface area contributed by atoms with Crippen molar-refractivity contribution in [2.45, 2.75) is 12.5 Å². The van der Waals surface area contributed by atoms with Gasteiger partial charge in [0.1, 0.15) is 5.84 Å². The fraction of sp³-hybridized carbons (Fsp3) is 0.800. The van der Waals surface area contributed by atoms with Crippen LogP contribution in [-0.4, -0.2) is 35.5 Å². The van der Waals surface area contributed by atoms with Gasteiger partial charge in [0.05, 0.1) is 12.7 Å². The summed E-state index contributed by atoms with van der Waals surface area (Å²) in [6, 6.07) is 0. The van der Waals surface area contributed by atoms with E-state index in [4.69, 9.17) is 10.2 Å². The predicted molar refractivity (Wildman–Crippen MR) is 34.2 cm³/mol. The number of oxime groups is 1. The Morgan fingerprint density at radius 1 is 1.80 bits per heavy atom. The van der Waals surface area contributed by atoms with E-state index in [0.29, 0.717) is 19.0 Å². The lowest BCUT2D eigenvalue weighted by Crippen LogP contribution is -2.25. The lowest BCUT2D eigenvalue weighted by atomic mass is 10.2. The fourth-order valence-electron chi connectivity index (χ4n) is 0.655. The van der Waals surface area contributed by atoms with Crippen LogP contribution in [0.25, 0.3) is 0 Å². The van der Waals surface area contributed by atoms with Gasteiger partial charge in [-0.3, -0.25) is 0 Å². The largest absolute Gasteiger partial charge is 0.394 e. The molecule has 0 amide bonds. The monoisotopic (exact) mass is 146 g/mol. The normalized spacial score (nSPS) is 19.2. The highest BCUT2D eigenvalue weighted by Gasteiger charge is 2.11. The van der Waals surface area contributed by atoms with Gasteiger partial charge in [0, 0.05) is 6.42 Å². The van der Waals surface area contributed by atoms with Crippen LogP contribution in [0.5, 0.6) is 0 Å². The minimum absolute atomic E-state index is 0.249. The first kappa shape index (κ1) is 7.30. The Morgan fingerprint density at radius 2 is 2.60 bits per heavy atom. The second kappa shape index (κ2) is 3.38. The van der Waals surface area contributed by atoms with Crippen LogP contribution < -0.4 is 5.32 Å². The van der Waals surface area contributed by atoms with Crippen molar-refractivity contribution in [3.63, 3.8) is 0 Å². The molecule has 10 heavy (non-hydrogen) atoms. The second-order valence-electron chi connectivity index (χ2n) is 2.03. The first-order valence-electron chi connectivity index (χ1n) is 3.04. The minimum atomic E-state index is -0.743. The molecule has 1 aliphatic heterocycles. The van der Waals surface area contributed by atoms with Crippen molar-refractivity contribution >= 4 is 5.84 Å². The number of rotatable bonds is 3. The van der Waals surface area contributed by atoms with E-state index in [1.165, 1.54) is 0 Å². The number of amidine groups is 1.